The number of carbonyl (C=O) groups excluding carboxylic acids is 1. The average Bonchev–Trinajstić information content (AvgIpc) is 3.38. The van der Waals surface area contributed by atoms with Crippen LogP contribution in [0.1, 0.15) is 15.9 Å². The van der Waals surface area contributed by atoms with Crippen LogP contribution in [-0.2, 0) is 0 Å². The topological polar surface area (TPSA) is 75.9 Å². The number of hydrogen-bond acceptors (Lipinski definition) is 6. The van der Waals surface area contributed by atoms with Gasteiger partial charge in [0.25, 0.3) is 5.91 Å². The molecule has 6 rings (SSSR count). The number of nitrogens with zero attached hydrogens (tertiary/aromatic N) is 6. The molecule has 1 saturated heterocycles. The third-order valence-electron chi connectivity index (χ3n) is 6.72. The normalized spacial score (nSPS) is 13.9. The van der Waals surface area contributed by atoms with Crippen LogP contribution < -0.4 is 9.64 Å². The number of aromatic nitrogens is 4. The summed E-state index contributed by atoms with van der Waals surface area (Å²) >= 11 is 0. The Morgan fingerprint density at radius 1 is 0.861 bits per heavy atom. The number of methoxy groups -OCH3 is 1. The van der Waals surface area contributed by atoms with Gasteiger partial charge in [-0.25, -0.2) is 9.38 Å². The van der Waals surface area contributed by atoms with Crippen molar-refractivity contribution in [2.75, 3.05) is 38.2 Å². The molecule has 8 heteroatoms. The number of amides is 1. The summed E-state index contributed by atoms with van der Waals surface area (Å²) in [5, 5.41) is 10.1. The zero-order valence-corrected chi connectivity index (χ0v) is 20.3. The molecule has 0 atom stereocenters. The summed E-state index contributed by atoms with van der Waals surface area (Å²) < 4.78 is 7.35. The molecule has 3 aromatic carbocycles. The Balaban J connectivity index is 1.37. The first-order valence-electron chi connectivity index (χ1n) is 12.0. The first kappa shape index (κ1) is 22.0. The number of anilines is 1. The van der Waals surface area contributed by atoms with Crippen LogP contribution in [-0.4, -0.2) is 63.7 Å². The maximum atomic E-state index is 13.0. The van der Waals surface area contributed by atoms with Crippen molar-refractivity contribution in [3.63, 3.8) is 0 Å². The van der Waals surface area contributed by atoms with E-state index in [-0.39, 0.29) is 5.91 Å². The van der Waals surface area contributed by atoms with Gasteiger partial charge in [0.1, 0.15) is 5.75 Å². The molecule has 0 radical (unpaired) electrons. The summed E-state index contributed by atoms with van der Waals surface area (Å²) in [5.74, 6) is 2.35. The van der Waals surface area contributed by atoms with Crippen molar-refractivity contribution in [3.8, 4) is 17.1 Å². The number of ether oxygens (including phenoxy) is 1. The molecule has 0 N–H and O–H groups in total. The lowest BCUT2D eigenvalue weighted by Crippen LogP contribution is -2.49. The number of carbonyl (C=O) groups is 1. The summed E-state index contributed by atoms with van der Waals surface area (Å²) in [7, 11) is 1.65. The maximum absolute atomic E-state index is 13.0. The first-order valence-corrected chi connectivity index (χ1v) is 12.0. The predicted molar refractivity (Wildman–Crippen MR) is 140 cm³/mol. The molecule has 8 nitrogen and oxygen atoms in total. The van der Waals surface area contributed by atoms with Crippen LogP contribution >= 0.6 is 0 Å². The Labute approximate surface area is 208 Å². The highest BCUT2D eigenvalue weighted by Gasteiger charge is 2.26. The Morgan fingerprint density at radius 3 is 2.31 bits per heavy atom. The molecule has 1 amide bonds. The Hall–Kier alpha value is -4.46. The molecule has 3 heterocycles. The van der Waals surface area contributed by atoms with Crippen LogP contribution in [0.25, 0.3) is 27.9 Å². The number of rotatable bonds is 4. The van der Waals surface area contributed by atoms with Gasteiger partial charge in [-0.2, -0.15) is 0 Å². The standard InChI is InChI=1S/C28H26N6O2/c1-19-7-9-21(10-8-19)27(35)32-15-17-33(18-16-32)28-29-24-6-4-3-5-23(24)26-31-30-25(34(26)28)20-11-13-22(36-2)14-12-20/h3-14H,15-18H2,1-2H3. The number of fused-ring (bicyclic) bond motifs is 3. The SMILES string of the molecule is COc1ccc(-c2nnc3c4ccccc4nc(N4CCN(C(=O)c5ccc(C)cc5)CC4)n23)cc1. The van der Waals surface area contributed by atoms with E-state index in [4.69, 9.17) is 9.72 Å². The molecule has 2 aromatic heterocycles. The van der Waals surface area contributed by atoms with Crippen molar-refractivity contribution >= 4 is 28.4 Å². The van der Waals surface area contributed by atoms with E-state index in [0.29, 0.717) is 26.2 Å². The molecule has 1 aliphatic rings. The van der Waals surface area contributed by atoms with Gasteiger partial charge in [0, 0.05) is 42.7 Å². The number of piperazine rings is 1. The Morgan fingerprint density at radius 2 is 1.58 bits per heavy atom. The molecule has 1 aliphatic heterocycles. The van der Waals surface area contributed by atoms with Crippen LogP contribution in [0.5, 0.6) is 5.75 Å². The number of aryl methyl sites for hydroxylation is 1. The van der Waals surface area contributed by atoms with E-state index in [0.717, 1.165) is 50.8 Å². The van der Waals surface area contributed by atoms with E-state index < -0.39 is 0 Å². The molecular weight excluding hydrogens is 452 g/mol. The average molecular weight is 479 g/mol. The minimum atomic E-state index is 0.0643. The van der Waals surface area contributed by atoms with Crippen LogP contribution in [0.2, 0.25) is 0 Å². The third kappa shape index (κ3) is 3.80. The minimum absolute atomic E-state index is 0.0643. The largest absolute Gasteiger partial charge is 0.497 e. The maximum Gasteiger partial charge on any atom is 0.253 e. The van der Waals surface area contributed by atoms with Crippen LogP contribution in [0, 0.1) is 6.92 Å². The van der Waals surface area contributed by atoms with E-state index in [1.54, 1.807) is 7.11 Å². The van der Waals surface area contributed by atoms with Crippen LogP contribution in [0.3, 0.4) is 0 Å². The van der Waals surface area contributed by atoms with Gasteiger partial charge in [0.2, 0.25) is 5.95 Å². The summed E-state index contributed by atoms with van der Waals surface area (Å²) in [5.41, 5.74) is 4.42. The smallest absolute Gasteiger partial charge is 0.253 e. The van der Waals surface area contributed by atoms with Crippen LogP contribution in [0.4, 0.5) is 5.95 Å². The number of hydrogen-bond donors (Lipinski definition) is 0. The second-order valence-corrected chi connectivity index (χ2v) is 8.99. The molecule has 5 aromatic rings. The minimum Gasteiger partial charge on any atom is -0.497 e. The molecule has 0 spiro atoms. The molecule has 0 bridgehead atoms. The Kier molecular flexibility index (Phi) is 5.48. The Bertz CT molecular complexity index is 1550. The van der Waals surface area contributed by atoms with Crippen molar-refractivity contribution in [2.45, 2.75) is 6.92 Å². The van der Waals surface area contributed by atoms with E-state index in [9.17, 15) is 4.79 Å². The summed E-state index contributed by atoms with van der Waals surface area (Å²) in [4.78, 5) is 22.2. The highest BCUT2D eigenvalue weighted by atomic mass is 16.5. The lowest BCUT2D eigenvalue weighted by molar-refractivity contribution is 0.0746. The van der Waals surface area contributed by atoms with Crippen molar-refractivity contribution in [2.24, 2.45) is 0 Å². The fourth-order valence-electron chi connectivity index (χ4n) is 4.69. The second kappa shape index (κ2) is 8.96. The van der Waals surface area contributed by atoms with Gasteiger partial charge in [-0.05, 0) is 55.5 Å². The van der Waals surface area contributed by atoms with Gasteiger partial charge < -0.3 is 14.5 Å². The fourth-order valence-corrected chi connectivity index (χ4v) is 4.69. The quantitative estimate of drug-likeness (QED) is 0.385. The van der Waals surface area contributed by atoms with E-state index in [1.807, 2.05) is 89.0 Å². The second-order valence-electron chi connectivity index (χ2n) is 8.99. The van der Waals surface area contributed by atoms with Crippen molar-refractivity contribution in [3.05, 3.63) is 83.9 Å². The first-order chi connectivity index (χ1) is 17.6. The van der Waals surface area contributed by atoms with Gasteiger partial charge in [-0.1, -0.05) is 29.8 Å². The van der Waals surface area contributed by atoms with Gasteiger partial charge in [0.05, 0.1) is 12.6 Å². The molecular formula is C28H26N6O2. The molecule has 36 heavy (non-hydrogen) atoms. The van der Waals surface area contributed by atoms with E-state index in [2.05, 4.69) is 15.1 Å². The van der Waals surface area contributed by atoms with Gasteiger partial charge in [0.15, 0.2) is 11.5 Å². The molecule has 0 saturated carbocycles. The summed E-state index contributed by atoms with van der Waals surface area (Å²) in [6.45, 7) is 4.58. The molecule has 180 valence electrons. The van der Waals surface area contributed by atoms with Gasteiger partial charge in [-0.15, -0.1) is 10.2 Å². The predicted octanol–water partition coefficient (Wildman–Crippen LogP) is 4.22. The van der Waals surface area contributed by atoms with Gasteiger partial charge in [-0.3, -0.25) is 4.79 Å². The van der Waals surface area contributed by atoms with Gasteiger partial charge >= 0.3 is 0 Å². The van der Waals surface area contributed by atoms with Crippen molar-refractivity contribution in [1.29, 1.82) is 0 Å². The third-order valence-corrected chi connectivity index (χ3v) is 6.72. The zero-order valence-electron chi connectivity index (χ0n) is 20.3. The highest BCUT2D eigenvalue weighted by Crippen LogP contribution is 2.30. The molecule has 0 aliphatic carbocycles. The monoisotopic (exact) mass is 478 g/mol. The number of para-hydroxylation sites is 1. The zero-order chi connectivity index (χ0) is 24.6. The lowest BCUT2D eigenvalue weighted by Gasteiger charge is -2.35. The summed E-state index contributed by atoms with van der Waals surface area (Å²) in [6, 6.07) is 23.5. The van der Waals surface area contributed by atoms with Crippen molar-refractivity contribution in [1.82, 2.24) is 24.5 Å². The fraction of sp³-hybridized carbons (Fsp3) is 0.214. The van der Waals surface area contributed by atoms with Crippen LogP contribution in [0.15, 0.2) is 72.8 Å². The molecule has 0 unspecified atom stereocenters. The van der Waals surface area contributed by atoms with E-state index in [1.165, 1.54) is 0 Å². The molecule has 1 fully saturated rings. The summed E-state index contributed by atoms with van der Waals surface area (Å²) in [6.07, 6.45) is 0. The number of benzene rings is 3. The van der Waals surface area contributed by atoms with E-state index >= 15 is 0 Å². The lowest BCUT2D eigenvalue weighted by atomic mass is 10.1. The highest BCUT2D eigenvalue weighted by molar-refractivity contribution is 5.95. The van der Waals surface area contributed by atoms with Crippen molar-refractivity contribution < 1.29 is 9.53 Å².